The standard InChI is InChI=1S/C35H43ClN2O7S/c1-3-27-8-4-5-9-31(44-20-33(39)43-2)28-13-10-25(28)19-38-21-35(16-6-7-23-17-26(36)12-14-29(23)35)22-45-32-15-11-24(18-30(32)38)34(40)37-46(27,41)42/h5,9,11-12,14-15,17-18,25,27-28,31H,3-4,6-8,10,13,16,19-22H2,1-2H3,(H,37,40)/b9-5+/t25-,27+,28+,31-,35-/m0/s1. The molecule has 1 amide bonds. The molecule has 1 N–H and O–H groups in total. The number of aryl methyl sites for hydroxylation is 1. The maximum atomic E-state index is 13.4. The second kappa shape index (κ2) is 13.6. The van der Waals surface area contributed by atoms with E-state index in [1.807, 2.05) is 25.1 Å². The summed E-state index contributed by atoms with van der Waals surface area (Å²) in [6.07, 6.45) is 9.67. The van der Waals surface area contributed by atoms with Crippen molar-refractivity contribution < 1.29 is 32.2 Å². The third kappa shape index (κ3) is 6.66. The molecule has 2 bridgehead atoms. The number of methoxy groups -OCH3 is 1. The van der Waals surface area contributed by atoms with Crippen LogP contribution in [0.1, 0.15) is 73.4 Å². The smallest absolute Gasteiger partial charge is 0.331 e. The van der Waals surface area contributed by atoms with Gasteiger partial charge in [-0.05, 0) is 105 Å². The summed E-state index contributed by atoms with van der Waals surface area (Å²) in [4.78, 5) is 27.8. The minimum Gasteiger partial charge on any atom is -0.490 e. The Hall–Kier alpha value is -3.08. The lowest BCUT2D eigenvalue weighted by atomic mass is 9.68. The molecule has 1 spiro atoms. The Morgan fingerprint density at radius 3 is 2.78 bits per heavy atom. The summed E-state index contributed by atoms with van der Waals surface area (Å²) in [7, 11) is -2.58. The molecule has 6 rings (SSSR count). The van der Waals surface area contributed by atoms with Crippen molar-refractivity contribution in [2.24, 2.45) is 11.8 Å². The molecule has 2 aromatic rings. The highest BCUT2D eigenvalue weighted by Crippen LogP contribution is 2.47. The zero-order valence-electron chi connectivity index (χ0n) is 26.5. The molecule has 2 heterocycles. The predicted molar refractivity (Wildman–Crippen MR) is 177 cm³/mol. The lowest BCUT2D eigenvalue weighted by molar-refractivity contribution is -0.149. The zero-order valence-corrected chi connectivity index (χ0v) is 28.1. The molecule has 1 fully saturated rings. The van der Waals surface area contributed by atoms with Gasteiger partial charge >= 0.3 is 5.97 Å². The van der Waals surface area contributed by atoms with E-state index < -0.39 is 27.1 Å². The van der Waals surface area contributed by atoms with Gasteiger partial charge in [-0.15, -0.1) is 0 Å². The van der Waals surface area contributed by atoms with Gasteiger partial charge in [-0.25, -0.2) is 17.9 Å². The molecule has 9 nitrogen and oxygen atoms in total. The van der Waals surface area contributed by atoms with Gasteiger partial charge in [0.05, 0.1) is 30.8 Å². The summed E-state index contributed by atoms with van der Waals surface area (Å²) in [5.74, 6) is 0.00982. The number of carbonyl (C=O) groups excluding carboxylic acids is 2. The summed E-state index contributed by atoms with van der Waals surface area (Å²) in [6.45, 7) is 3.49. The number of nitrogens with zero attached hydrogens (tertiary/aromatic N) is 1. The number of allylic oxidation sites excluding steroid dienone is 1. The third-order valence-corrected chi connectivity index (χ3v) is 12.5. The molecule has 2 aromatic carbocycles. The van der Waals surface area contributed by atoms with Crippen molar-refractivity contribution in [2.45, 2.75) is 75.1 Å². The molecule has 5 atom stereocenters. The van der Waals surface area contributed by atoms with Crippen LogP contribution in [-0.4, -0.2) is 65.1 Å². The number of amides is 1. The minimum absolute atomic E-state index is 0.154. The van der Waals surface area contributed by atoms with Crippen LogP contribution in [0.15, 0.2) is 48.6 Å². The second-order valence-corrected chi connectivity index (χ2v) is 15.5. The number of carbonyl (C=O) groups is 2. The Kier molecular flexibility index (Phi) is 9.69. The summed E-state index contributed by atoms with van der Waals surface area (Å²) < 4.78 is 46.6. The monoisotopic (exact) mass is 670 g/mol. The first-order valence-electron chi connectivity index (χ1n) is 16.3. The van der Waals surface area contributed by atoms with Gasteiger partial charge in [0.1, 0.15) is 12.4 Å². The maximum absolute atomic E-state index is 13.4. The molecule has 11 heteroatoms. The number of esters is 1. The number of fused-ring (bicyclic) bond motifs is 4. The zero-order chi connectivity index (χ0) is 32.5. The molecule has 4 aliphatic rings. The van der Waals surface area contributed by atoms with Crippen molar-refractivity contribution in [3.63, 3.8) is 0 Å². The Morgan fingerprint density at radius 2 is 2.02 bits per heavy atom. The maximum Gasteiger partial charge on any atom is 0.331 e. The van der Waals surface area contributed by atoms with Gasteiger partial charge in [0.15, 0.2) is 0 Å². The Bertz CT molecular complexity index is 1610. The quantitative estimate of drug-likeness (QED) is 0.331. The Balaban J connectivity index is 1.41. The summed E-state index contributed by atoms with van der Waals surface area (Å²) in [5, 5.41) is -0.0156. The molecule has 0 aromatic heterocycles. The Labute approximate surface area is 276 Å². The van der Waals surface area contributed by atoms with Gasteiger partial charge in [-0.1, -0.05) is 36.7 Å². The van der Waals surface area contributed by atoms with Crippen LogP contribution in [-0.2, 0) is 36.1 Å². The Morgan fingerprint density at radius 1 is 1.17 bits per heavy atom. The minimum atomic E-state index is -3.93. The van der Waals surface area contributed by atoms with Crippen molar-refractivity contribution in [1.82, 2.24) is 4.72 Å². The first-order chi connectivity index (χ1) is 22.1. The van der Waals surface area contributed by atoms with Gasteiger partial charge in [0.25, 0.3) is 5.91 Å². The van der Waals surface area contributed by atoms with Crippen LogP contribution in [0.5, 0.6) is 5.75 Å². The number of sulfonamides is 1. The van der Waals surface area contributed by atoms with Crippen LogP contribution >= 0.6 is 11.6 Å². The van der Waals surface area contributed by atoms with Crippen LogP contribution in [0.3, 0.4) is 0 Å². The fourth-order valence-electron chi connectivity index (χ4n) is 7.70. The molecular weight excluding hydrogens is 628 g/mol. The number of nitrogens with one attached hydrogen (secondary N) is 1. The van der Waals surface area contributed by atoms with Crippen LogP contribution in [0.4, 0.5) is 5.69 Å². The lowest BCUT2D eigenvalue weighted by Crippen LogP contribution is -2.49. The van der Waals surface area contributed by atoms with Gasteiger partial charge < -0.3 is 19.1 Å². The number of ether oxygens (including phenoxy) is 3. The van der Waals surface area contributed by atoms with Gasteiger partial charge in [-0.3, -0.25) is 4.79 Å². The van der Waals surface area contributed by atoms with Crippen LogP contribution < -0.4 is 14.4 Å². The van der Waals surface area contributed by atoms with Crippen molar-refractivity contribution in [2.75, 3.05) is 38.3 Å². The summed E-state index contributed by atoms with van der Waals surface area (Å²) in [5.41, 5.74) is 3.23. The highest BCUT2D eigenvalue weighted by molar-refractivity contribution is 7.90. The molecule has 0 saturated heterocycles. The molecule has 0 radical (unpaired) electrons. The molecule has 2 aliphatic heterocycles. The number of hydrogen-bond donors (Lipinski definition) is 1. The largest absolute Gasteiger partial charge is 0.490 e. The van der Waals surface area contributed by atoms with Crippen LogP contribution in [0, 0.1) is 11.8 Å². The van der Waals surface area contributed by atoms with E-state index in [4.69, 9.17) is 25.8 Å². The molecule has 2 aliphatic carbocycles. The fourth-order valence-corrected chi connectivity index (χ4v) is 9.32. The van der Waals surface area contributed by atoms with Gasteiger partial charge in [-0.2, -0.15) is 0 Å². The van der Waals surface area contributed by atoms with E-state index in [-0.39, 0.29) is 35.5 Å². The highest BCUT2D eigenvalue weighted by atomic mass is 35.5. The molecule has 0 unspecified atom stereocenters. The first-order valence-corrected chi connectivity index (χ1v) is 18.3. The fraction of sp³-hybridized carbons (Fsp3) is 0.543. The van der Waals surface area contributed by atoms with E-state index >= 15 is 0 Å². The third-order valence-electron chi connectivity index (χ3n) is 10.4. The van der Waals surface area contributed by atoms with E-state index in [1.54, 1.807) is 18.2 Å². The normalized spacial score (nSPS) is 29.6. The number of hydrogen-bond acceptors (Lipinski definition) is 8. The van der Waals surface area contributed by atoms with E-state index in [0.29, 0.717) is 44.7 Å². The van der Waals surface area contributed by atoms with Crippen molar-refractivity contribution >= 4 is 39.2 Å². The molecular formula is C35H43ClN2O7S. The number of rotatable bonds is 4. The van der Waals surface area contributed by atoms with Gasteiger partial charge in [0.2, 0.25) is 10.0 Å². The van der Waals surface area contributed by atoms with Crippen molar-refractivity contribution in [3.05, 3.63) is 70.3 Å². The lowest BCUT2D eigenvalue weighted by Gasteiger charge is -2.46. The first kappa shape index (κ1) is 32.8. The molecule has 248 valence electrons. The summed E-state index contributed by atoms with van der Waals surface area (Å²) >= 11 is 6.42. The molecule has 1 saturated carbocycles. The number of benzene rings is 2. The SMILES string of the molecule is CC[C@@H]1CC/C=C/[C@H](OCC(=O)OC)[C@@H]2CC[C@H]2CN2C[C@@]3(CCCc4cc(Cl)ccc43)COc3ccc(cc32)C(=O)NS1(=O)=O. The van der Waals surface area contributed by atoms with E-state index in [0.717, 1.165) is 42.8 Å². The topological polar surface area (TPSA) is 111 Å². The second-order valence-electron chi connectivity index (χ2n) is 13.2. The van der Waals surface area contributed by atoms with Crippen LogP contribution in [0.2, 0.25) is 5.02 Å². The van der Waals surface area contributed by atoms with E-state index in [2.05, 4.69) is 21.8 Å². The van der Waals surface area contributed by atoms with Crippen LogP contribution in [0.25, 0.3) is 0 Å². The number of anilines is 1. The van der Waals surface area contributed by atoms with E-state index in [9.17, 15) is 18.0 Å². The molecule has 46 heavy (non-hydrogen) atoms. The highest BCUT2D eigenvalue weighted by Gasteiger charge is 2.44. The average Bonchev–Trinajstić information content (AvgIpc) is 3.17. The number of halogens is 1. The predicted octanol–water partition coefficient (Wildman–Crippen LogP) is 5.59. The average molecular weight is 671 g/mol. The van der Waals surface area contributed by atoms with Crippen molar-refractivity contribution in [3.8, 4) is 5.75 Å². The van der Waals surface area contributed by atoms with E-state index in [1.165, 1.54) is 18.2 Å². The van der Waals surface area contributed by atoms with Crippen molar-refractivity contribution in [1.29, 1.82) is 0 Å². The summed E-state index contributed by atoms with van der Waals surface area (Å²) in [6, 6.07) is 11.4. The van der Waals surface area contributed by atoms with Gasteiger partial charge in [0, 0.05) is 29.1 Å².